The monoisotopic (exact) mass is 338 g/mol. The van der Waals surface area contributed by atoms with E-state index in [2.05, 4.69) is 5.43 Å². The molecule has 0 aliphatic carbocycles. The summed E-state index contributed by atoms with van der Waals surface area (Å²) in [5.74, 6) is -0.142. The number of amides is 1. The Balaban J connectivity index is 1.80. The van der Waals surface area contributed by atoms with E-state index >= 15 is 0 Å². The molecule has 4 aromatic rings. The summed E-state index contributed by atoms with van der Waals surface area (Å²) < 4.78 is 1.86. The smallest absolute Gasteiger partial charge is 0.267 e. The molecule has 3 heteroatoms. The van der Waals surface area contributed by atoms with E-state index < -0.39 is 0 Å². The number of hydrogen-bond donors (Lipinski definition) is 1. The number of aromatic nitrogens is 1. The van der Waals surface area contributed by atoms with E-state index in [9.17, 15) is 4.79 Å². The molecule has 126 valence electrons. The van der Waals surface area contributed by atoms with Gasteiger partial charge in [-0.3, -0.25) is 14.9 Å². The maximum Gasteiger partial charge on any atom is 0.270 e. The molecule has 1 amide bonds. The highest BCUT2D eigenvalue weighted by Gasteiger charge is 2.14. The Kier molecular flexibility index (Phi) is 4.35. The highest BCUT2D eigenvalue weighted by atomic mass is 16.2. The molecule has 1 N–H and O–H groups in total. The topological polar surface area (TPSA) is 34.0 Å². The molecule has 1 heterocycles. The highest BCUT2D eigenvalue weighted by molar-refractivity contribution is 6.00. The van der Waals surface area contributed by atoms with Crippen LogP contribution in [0.1, 0.15) is 10.4 Å². The molecule has 26 heavy (non-hydrogen) atoms. The maximum absolute atomic E-state index is 12.7. The predicted molar refractivity (Wildman–Crippen MR) is 105 cm³/mol. The lowest BCUT2D eigenvalue weighted by molar-refractivity contribution is 0.101. The van der Waals surface area contributed by atoms with Gasteiger partial charge in [-0.05, 0) is 24.3 Å². The number of nitrogens with one attached hydrogen (secondary N) is 1. The number of nitrogens with zero attached hydrogens (tertiary/aromatic N) is 1. The second-order valence-corrected chi connectivity index (χ2v) is 5.98. The van der Waals surface area contributed by atoms with Crippen LogP contribution in [0.3, 0.4) is 0 Å². The standard InChI is InChI=1S/C23H18N2O/c26-23(20-14-8-3-9-15-20)24-25-21(18-10-4-1-5-11-18)16-17-22(25)19-12-6-2-7-13-19/h1-17H,(H,24,26). The summed E-state index contributed by atoms with van der Waals surface area (Å²) in [6.45, 7) is 0. The van der Waals surface area contributed by atoms with Crippen molar-refractivity contribution in [2.24, 2.45) is 0 Å². The Labute approximate surface area is 152 Å². The summed E-state index contributed by atoms with van der Waals surface area (Å²) in [5.41, 5.74) is 7.64. The van der Waals surface area contributed by atoms with Gasteiger partial charge >= 0.3 is 0 Å². The third kappa shape index (κ3) is 3.15. The number of carbonyl (C=O) groups is 1. The number of rotatable bonds is 4. The number of benzene rings is 3. The van der Waals surface area contributed by atoms with Crippen molar-refractivity contribution in [2.45, 2.75) is 0 Å². The second-order valence-electron chi connectivity index (χ2n) is 5.98. The zero-order valence-electron chi connectivity index (χ0n) is 14.2. The fourth-order valence-corrected chi connectivity index (χ4v) is 2.98. The normalized spacial score (nSPS) is 10.5. The number of carbonyl (C=O) groups excluding carboxylic acids is 1. The molecular weight excluding hydrogens is 320 g/mol. The Morgan fingerprint density at radius 2 is 1.00 bits per heavy atom. The molecule has 0 radical (unpaired) electrons. The van der Waals surface area contributed by atoms with Gasteiger partial charge < -0.3 is 0 Å². The molecule has 0 aliphatic rings. The minimum atomic E-state index is -0.142. The molecule has 3 aromatic carbocycles. The predicted octanol–water partition coefficient (Wildman–Crippen LogP) is 5.21. The van der Waals surface area contributed by atoms with Gasteiger partial charge in [-0.25, -0.2) is 0 Å². The summed E-state index contributed by atoms with van der Waals surface area (Å²) in [7, 11) is 0. The zero-order valence-corrected chi connectivity index (χ0v) is 14.2. The van der Waals surface area contributed by atoms with Gasteiger partial charge in [0.1, 0.15) is 0 Å². The highest BCUT2D eigenvalue weighted by Crippen LogP contribution is 2.28. The van der Waals surface area contributed by atoms with E-state index in [1.54, 1.807) is 0 Å². The van der Waals surface area contributed by atoms with E-state index in [1.165, 1.54) is 0 Å². The van der Waals surface area contributed by atoms with E-state index in [0.29, 0.717) is 5.56 Å². The van der Waals surface area contributed by atoms with Gasteiger partial charge in [-0.15, -0.1) is 0 Å². The van der Waals surface area contributed by atoms with Crippen LogP contribution in [0, 0.1) is 0 Å². The Morgan fingerprint density at radius 3 is 1.46 bits per heavy atom. The van der Waals surface area contributed by atoms with E-state index in [4.69, 9.17) is 0 Å². The maximum atomic E-state index is 12.7. The summed E-state index contributed by atoms with van der Waals surface area (Å²) in [6.07, 6.45) is 0. The van der Waals surface area contributed by atoms with Crippen LogP contribution in [-0.4, -0.2) is 10.6 Å². The minimum Gasteiger partial charge on any atom is -0.267 e. The van der Waals surface area contributed by atoms with Gasteiger partial charge in [0, 0.05) is 16.7 Å². The van der Waals surface area contributed by atoms with Crippen LogP contribution in [0.15, 0.2) is 103 Å². The van der Waals surface area contributed by atoms with Crippen molar-refractivity contribution < 1.29 is 4.79 Å². The van der Waals surface area contributed by atoms with Crippen LogP contribution in [-0.2, 0) is 0 Å². The van der Waals surface area contributed by atoms with Gasteiger partial charge in [0.05, 0.1) is 11.4 Å². The quantitative estimate of drug-likeness (QED) is 0.545. The molecule has 4 rings (SSSR count). The SMILES string of the molecule is O=C(Nn1c(-c2ccccc2)ccc1-c1ccccc1)c1ccccc1. The molecule has 0 aliphatic heterocycles. The lowest BCUT2D eigenvalue weighted by Crippen LogP contribution is -2.24. The third-order valence-electron chi connectivity index (χ3n) is 4.27. The molecule has 3 nitrogen and oxygen atoms in total. The Morgan fingerprint density at radius 1 is 0.577 bits per heavy atom. The molecule has 0 saturated carbocycles. The third-order valence-corrected chi connectivity index (χ3v) is 4.27. The van der Waals surface area contributed by atoms with Crippen molar-refractivity contribution in [1.82, 2.24) is 4.68 Å². The molecule has 0 atom stereocenters. The van der Waals surface area contributed by atoms with Gasteiger partial charge in [-0.2, -0.15) is 0 Å². The van der Waals surface area contributed by atoms with Crippen molar-refractivity contribution >= 4 is 5.91 Å². The average Bonchev–Trinajstić information content (AvgIpc) is 3.13. The van der Waals surface area contributed by atoms with Crippen LogP contribution in [0.2, 0.25) is 0 Å². The molecule has 0 unspecified atom stereocenters. The van der Waals surface area contributed by atoms with Crippen molar-refractivity contribution in [3.8, 4) is 22.5 Å². The number of hydrogen-bond acceptors (Lipinski definition) is 1. The summed E-state index contributed by atoms with van der Waals surface area (Å²) in [4.78, 5) is 12.7. The second kappa shape index (κ2) is 7.11. The largest absolute Gasteiger partial charge is 0.270 e. The van der Waals surface area contributed by atoms with Crippen molar-refractivity contribution in [2.75, 3.05) is 5.43 Å². The molecule has 0 fully saturated rings. The summed E-state index contributed by atoms with van der Waals surface area (Å²) >= 11 is 0. The zero-order chi connectivity index (χ0) is 17.8. The molecule has 0 saturated heterocycles. The first kappa shape index (κ1) is 15.9. The lowest BCUT2D eigenvalue weighted by Gasteiger charge is -2.15. The molecule has 0 spiro atoms. The average molecular weight is 338 g/mol. The molecule has 0 bridgehead atoms. The van der Waals surface area contributed by atoms with Gasteiger partial charge in [0.2, 0.25) is 0 Å². The van der Waals surface area contributed by atoms with Crippen LogP contribution in [0.5, 0.6) is 0 Å². The first-order valence-electron chi connectivity index (χ1n) is 8.52. The van der Waals surface area contributed by atoms with Crippen LogP contribution < -0.4 is 5.43 Å². The molecular formula is C23H18N2O. The summed E-state index contributed by atoms with van der Waals surface area (Å²) in [5, 5.41) is 0. The van der Waals surface area contributed by atoms with Crippen molar-refractivity contribution in [1.29, 1.82) is 0 Å². The van der Waals surface area contributed by atoms with E-state index in [0.717, 1.165) is 22.5 Å². The lowest BCUT2D eigenvalue weighted by atomic mass is 10.2. The minimum absolute atomic E-state index is 0.142. The van der Waals surface area contributed by atoms with Crippen molar-refractivity contribution in [3.63, 3.8) is 0 Å². The van der Waals surface area contributed by atoms with E-state index in [-0.39, 0.29) is 5.91 Å². The van der Waals surface area contributed by atoms with Crippen LogP contribution in [0.4, 0.5) is 0 Å². The van der Waals surface area contributed by atoms with Gasteiger partial charge in [0.25, 0.3) is 5.91 Å². The Hall–Kier alpha value is -3.59. The fourth-order valence-electron chi connectivity index (χ4n) is 2.98. The fraction of sp³-hybridized carbons (Fsp3) is 0. The van der Waals surface area contributed by atoms with Crippen LogP contribution >= 0.6 is 0 Å². The van der Waals surface area contributed by atoms with E-state index in [1.807, 2.05) is 108 Å². The van der Waals surface area contributed by atoms with Gasteiger partial charge in [0.15, 0.2) is 0 Å². The Bertz CT molecular complexity index is 949. The first-order valence-corrected chi connectivity index (χ1v) is 8.52. The van der Waals surface area contributed by atoms with Gasteiger partial charge in [-0.1, -0.05) is 78.9 Å². The van der Waals surface area contributed by atoms with Crippen molar-refractivity contribution in [3.05, 3.63) is 109 Å². The summed E-state index contributed by atoms with van der Waals surface area (Å²) in [6, 6.07) is 33.4. The van der Waals surface area contributed by atoms with Crippen LogP contribution in [0.25, 0.3) is 22.5 Å². The first-order chi connectivity index (χ1) is 12.8. The molecule has 1 aromatic heterocycles.